The number of carbonyl (C=O) groups is 1. The summed E-state index contributed by atoms with van der Waals surface area (Å²) in [4.78, 5) is 21.6. The Hall–Kier alpha value is -1.63. The van der Waals surface area contributed by atoms with Gasteiger partial charge in [-0.2, -0.15) is 0 Å². The zero-order valence-electron chi connectivity index (χ0n) is 10.1. The molecule has 1 aromatic heterocycles. The predicted molar refractivity (Wildman–Crippen MR) is 59.4 cm³/mol. The van der Waals surface area contributed by atoms with Crippen molar-refractivity contribution in [2.24, 2.45) is 0 Å². The SMILES string of the molecule is CC(=O)NC(C)C(O)CC(C)c1n[nH]c(=O)o1. The highest BCUT2D eigenvalue weighted by Crippen LogP contribution is 2.18. The minimum atomic E-state index is -0.726. The molecule has 7 nitrogen and oxygen atoms in total. The lowest BCUT2D eigenvalue weighted by Gasteiger charge is -2.21. The molecule has 0 spiro atoms. The number of aliphatic hydroxyl groups excluding tert-OH is 1. The third-order valence-corrected chi connectivity index (χ3v) is 2.48. The zero-order valence-corrected chi connectivity index (χ0v) is 10.1. The van der Waals surface area contributed by atoms with E-state index in [9.17, 15) is 14.7 Å². The van der Waals surface area contributed by atoms with E-state index in [0.717, 1.165) is 0 Å². The topological polar surface area (TPSA) is 108 Å². The molecule has 3 N–H and O–H groups in total. The summed E-state index contributed by atoms with van der Waals surface area (Å²) in [7, 11) is 0. The van der Waals surface area contributed by atoms with Gasteiger partial charge in [0.15, 0.2) is 0 Å². The van der Waals surface area contributed by atoms with Crippen molar-refractivity contribution in [2.45, 2.75) is 45.3 Å². The van der Waals surface area contributed by atoms with Gasteiger partial charge in [0.05, 0.1) is 12.1 Å². The number of carbonyl (C=O) groups excluding carboxylic acids is 1. The number of nitrogens with one attached hydrogen (secondary N) is 2. The first-order valence-electron chi connectivity index (χ1n) is 5.40. The fourth-order valence-corrected chi connectivity index (χ4v) is 1.54. The minimum absolute atomic E-state index is 0.199. The zero-order chi connectivity index (χ0) is 13.0. The van der Waals surface area contributed by atoms with Gasteiger partial charge in [0.25, 0.3) is 0 Å². The number of amides is 1. The highest BCUT2D eigenvalue weighted by Gasteiger charge is 2.21. The molecule has 0 radical (unpaired) electrons. The molecule has 0 aliphatic heterocycles. The fourth-order valence-electron chi connectivity index (χ4n) is 1.54. The highest BCUT2D eigenvalue weighted by atomic mass is 16.4. The molecule has 7 heteroatoms. The van der Waals surface area contributed by atoms with Gasteiger partial charge in [-0.25, -0.2) is 9.89 Å². The van der Waals surface area contributed by atoms with Crippen LogP contribution in [0.3, 0.4) is 0 Å². The summed E-state index contributed by atoms with van der Waals surface area (Å²) in [6, 6.07) is -0.361. The fraction of sp³-hybridized carbons (Fsp3) is 0.700. The van der Waals surface area contributed by atoms with Gasteiger partial charge in [-0.3, -0.25) is 4.79 Å². The van der Waals surface area contributed by atoms with E-state index in [1.165, 1.54) is 6.92 Å². The Morgan fingerprint density at radius 3 is 2.71 bits per heavy atom. The predicted octanol–water partition coefficient (Wildman–Crippen LogP) is -0.258. The van der Waals surface area contributed by atoms with Crippen LogP contribution in [-0.4, -0.2) is 33.4 Å². The summed E-state index contributed by atoms with van der Waals surface area (Å²) < 4.78 is 4.79. The molecule has 96 valence electrons. The van der Waals surface area contributed by atoms with Crippen molar-refractivity contribution in [3.63, 3.8) is 0 Å². The quantitative estimate of drug-likeness (QED) is 0.660. The van der Waals surface area contributed by atoms with Gasteiger partial charge >= 0.3 is 5.76 Å². The van der Waals surface area contributed by atoms with Crippen molar-refractivity contribution in [3.8, 4) is 0 Å². The van der Waals surface area contributed by atoms with Crippen LogP contribution in [0.4, 0.5) is 0 Å². The Balaban J connectivity index is 2.53. The van der Waals surface area contributed by atoms with E-state index in [1.54, 1.807) is 13.8 Å². The number of aromatic amines is 1. The van der Waals surface area contributed by atoms with Crippen LogP contribution >= 0.6 is 0 Å². The van der Waals surface area contributed by atoms with Crippen molar-refractivity contribution in [2.75, 3.05) is 0 Å². The van der Waals surface area contributed by atoms with Crippen molar-refractivity contribution in [1.29, 1.82) is 0 Å². The summed E-state index contributed by atoms with van der Waals surface area (Å²) in [5.41, 5.74) is 0. The largest absolute Gasteiger partial charge is 0.434 e. The lowest BCUT2D eigenvalue weighted by atomic mass is 9.99. The van der Waals surface area contributed by atoms with Gasteiger partial charge in [-0.05, 0) is 13.3 Å². The number of rotatable bonds is 5. The smallest absolute Gasteiger partial charge is 0.392 e. The Morgan fingerprint density at radius 1 is 1.59 bits per heavy atom. The normalized spacial score (nSPS) is 16.2. The minimum Gasteiger partial charge on any atom is -0.392 e. The van der Waals surface area contributed by atoms with Crippen LogP contribution in [0.25, 0.3) is 0 Å². The Morgan fingerprint density at radius 2 is 2.24 bits per heavy atom. The van der Waals surface area contributed by atoms with Crippen molar-refractivity contribution < 1.29 is 14.3 Å². The van der Waals surface area contributed by atoms with Gasteiger partial charge in [0.2, 0.25) is 11.8 Å². The first-order chi connectivity index (χ1) is 7.90. The van der Waals surface area contributed by atoms with Crippen LogP contribution in [0.5, 0.6) is 0 Å². The van der Waals surface area contributed by atoms with Crippen LogP contribution in [0, 0.1) is 0 Å². The van der Waals surface area contributed by atoms with Crippen LogP contribution in [-0.2, 0) is 4.79 Å². The third kappa shape index (κ3) is 4.03. The van der Waals surface area contributed by atoms with Crippen LogP contribution in [0.1, 0.15) is 39.0 Å². The average Bonchev–Trinajstić information content (AvgIpc) is 2.63. The maximum Gasteiger partial charge on any atom is 0.434 e. The standard InChI is InChI=1S/C10H17N3O4/c1-5(9-12-13-10(16)17-9)4-8(15)6(2)11-7(3)14/h5-6,8,15H,4H2,1-3H3,(H,11,14)(H,13,16). The Bertz CT molecular complexity index is 425. The number of aromatic nitrogens is 2. The Kier molecular flexibility index (Phi) is 4.45. The summed E-state index contributed by atoms with van der Waals surface area (Å²) in [5, 5.41) is 18.3. The van der Waals surface area contributed by atoms with Crippen LogP contribution < -0.4 is 11.1 Å². The lowest BCUT2D eigenvalue weighted by Crippen LogP contribution is -2.40. The van der Waals surface area contributed by atoms with Crippen LogP contribution in [0.15, 0.2) is 9.21 Å². The number of aliphatic hydroxyl groups is 1. The Labute approximate surface area is 98.2 Å². The highest BCUT2D eigenvalue weighted by molar-refractivity contribution is 5.73. The molecule has 3 unspecified atom stereocenters. The van der Waals surface area contributed by atoms with E-state index in [1.807, 2.05) is 0 Å². The van der Waals surface area contributed by atoms with E-state index in [-0.39, 0.29) is 23.8 Å². The molecule has 1 heterocycles. The van der Waals surface area contributed by atoms with Crippen molar-refractivity contribution >= 4 is 5.91 Å². The van der Waals surface area contributed by atoms with Gasteiger partial charge in [0.1, 0.15) is 0 Å². The van der Waals surface area contributed by atoms with Crippen molar-refractivity contribution in [1.82, 2.24) is 15.5 Å². The maximum atomic E-state index is 10.8. The molecule has 1 aromatic rings. The first-order valence-corrected chi connectivity index (χ1v) is 5.40. The van der Waals surface area contributed by atoms with E-state index in [2.05, 4.69) is 15.5 Å². The summed E-state index contributed by atoms with van der Waals surface area (Å²) >= 11 is 0. The van der Waals surface area contributed by atoms with Gasteiger partial charge in [-0.1, -0.05) is 6.92 Å². The molecular weight excluding hydrogens is 226 g/mol. The van der Waals surface area contributed by atoms with Gasteiger partial charge in [0, 0.05) is 12.8 Å². The van der Waals surface area contributed by atoms with E-state index < -0.39 is 11.9 Å². The van der Waals surface area contributed by atoms with Crippen molar-refractivity contribution in [3.05, 3.63) is 16.4 Å². The molecule has 0 aromatic carbocycles. The van der Waals surface area contributed by atoms with Gasteiger partial charge in [-0.15, -0.1) is 5.10 Å². The second kappa shape index (κ2) is 5.62. The van der Waals surface area contributed by atoms with E-state index in [0.29, 0.717) is 6.42 Å². The summed E-state index contributed by atoms with van der Waals surface area (Å²) in [6.07, 6.45) is -0.384. The van der Waals surface area contributed by atoms with Gasteiger partial charge < -0.3 is 14.8 Å². The molecule has 1 rings (SSSR count). The molecule has 0 bridgehead atoms. The number of H-pyrrole nitrogens is 1. The second-order valence-corrected chi connectivity index (χ2v) is 4.14. The first kappa shape index (κ1) is 13.4. The molecular formula is C10H17N3O4. The summed E-state index contributed by atoms with van der Waals surface area (Å²) in [5.74, 6) is -0.768. The molecule has 3 atom stereocenters. The third-order valence-electron chi connectivity index (χ3n) is 2.48. The molecule has 0 aliphatic carbocycles. The van der Waals surface area contributed by atoms with Crippen LogP contribution in [0.2, 0.25) is 0 Å². The number of hydrogen-bond acceptors (Lipinski definition) is 5. The monoisotopic (exact) mass is 243 g/mol. The van der Waals surface area contributed by atoms with E-state index in [4.69, 9.17) is 4.42 Å². The number of hydrogen-bond donors (Lipinski definition) is 3. The lowest BCUT2D eigenvalue weighted by molar-refractivity contribution is -0.120. The molecule has 0 saturated carbocycles. The maximum absolute atomic E-state index is 10.8. The number of nitrogens with zero attached hydrogens (tertiary/aromatic N) is 1. The van der Waals surface area contributed by atoms with E-state index >= 15 is 0 Å². The molecule has 0 saturated heterocycles. The molecule has 17 heavy (non-hydrogen) atoms. The molecule has 0 aliphatic rings. The summed E-state index contributed by atoms with van der Waals surface area (Å²) in [6.45, 7) is 4.88. The molecule has 0 fully saturated rings. The average molecular weight is 243 g/mol. The second-order valence-electron chi connectivity index (χ2n) is 4.14. The molecule has 1 amide bonds.